The van der Waals surface area contributed by atoms with E-state index in [4.69, 9.17) is 18.0 Å². The van der Waals surface area contributed by atoms with Crippen molar-refractivity contribution in [3.8, 4) is 0 Å². The molecule has 1 aromatic heterocycles. The second-order valence-corrected chi connectivity index (χ2v) is 4.86. The van der Waals surface area contributed by atoms with Gasteiger partial charge in [-0.15, -0.1) is 5.10 Å². The third kappa shape index (κ3) is 2.35. The van der Waals surface area contributed by atoms with Crippen molar-refractivity contribution in [2.75, 3.05) is 13.1 Å². The maximum Gasteiger partial charge on any atom is 0.275 e. The first kappa shape index (κ1) is 11.4. The summed E-state index contributed by atoms with van der Waals surface area (Å²) >= 11 is 6.15. The van der Waals surface area contributed by atoms with Gasteiger partial charge in [-0.1, -0.05) is 16.7 Å². The number of hydrogen-bond acceptors (Lipinski definition) is 5. The van der Waals surface area contributed by atoms with Gasteiger partial charge in [-0.3, -0.25) is 4.79 Å². The molecule has 1 unspecified atom stereocenters. The SMILES string of the molecule is NC(=S)C1CCCN(C(=O)c2csnn2)C1. The predicted octanol–water partition coefficient (Wildman–Crippen LogP) is 0.676. The van der Waals surface area contributed by atoms with Crippen LogP contribution in [0.15, 0.2) is 5.38 Å². The summed E-state index contributed by atoms with van der Waals surface area (Å²) in [4.78, 5) is 14.2. The van der Waals surface area contributed by atoms with E-state index in [1.165, 1.54) is 11.5 Å². The minimum atomic E-state index is -0.0744. The Morgan fingerprint density at radius 3 is 3.12 bits per heavy atom. The van der Waals surface area contributed by atoms with Crippen LogP contribution in [0.2, 0.25) is 0 Å². The Bertz CT molecular complexity index is 392. The van der Waals surface area contributed by atoms with Gasteiger partial charge in [0.25, 0.3) is 5.91 Å². The summed E-state index contributed by atoms with van der Waals surface area (Å²) in [5, 5.41) is 5.43. The zero-order valence-electron chi connectivity index (χ0n) is 8.63. The standard InChI is InChI=1S/C9H12N4OS2/c10-8(15)6-2-1-3-13(4-6)9(14)7-5-16-12-11-7/h5-6H,1-4H2,(H2,10,15). The molecule has 2 N–H and O–H groups in total. The zero-order chi connectivity index (χ0) is 11.5. The van der Waals surface area contributed by atoms with E-state index < -0.39 is 0 Å². The monoisotopic (exact) mass is 256 g/mol. The molecular formula is C9H12N4OS2. The predicted molar refractivity (Wildman–Crippen MR) is 65.3 cm³/mol. The van der Waals surface area contributed by atoms with Gasteiger partial charge in [0.2, 0.25) is 0 Å². The van der Waals surface area contributed by atoms with Crippen LogP contribution < -0.4 is 5.73 Å². The number of aromatic nitrogens is 2. The minimum Gasteiger partial charge on any atom is -0.393 e. The zero-order valence-corrected chi connectivity index (χ0v) is 10.3. The number of piperidine rings is 1. The van der Waals surface area contributed by atoms with Crippen molar-refractivity contribution in [3.63, 3.8) is 0 Å². The number of amides is 1. The van der Waals surface area contributed by atoms with Crippen LogP contribution in [-0.4, -0.2) is 38.5 Å². The van der Waals surface area contributed by atoms with E-state index in [0.717, 1.165) is 19.4 Å². The summed E-state index contributed by atoms with van der Waals surface area (Å²) in [5.74, 6) is 0.0639. The lowest BCUT2D eigenvalue weighted by molar-refractivity contribution is 0.0697. The highest BCUT2D eigenvalue weighted by Gasteiger charge is 2.26. The van der Waals surface area contributed by atoms with E-state index in [1.54, 1.807) is 10.3 Å². The normalized spacial score (nSPS) is 20.8. The number of hydrogen-bond donors (Lipinski definition) is 1. The van der Waals surface area contributed by atoms with Crippen molar-refractivity contribution in [1.29, 1.82) is 0 Å². The molecule has 0 saturated carbocycles. The lowest BCUT2D eigenvalue weighted by atomic mass is 9.98. The van der Waals surface area contributed by atoms with Crippen LogP contribution in [0, 0.1) is 5.92 Å². The van der Waals surface area contributed by atoms with Gasteiger partial charge in [0.15, 0.2) is 5.69 Å². The van der Waals surface area contributed by atoms with Crippen molar-refractivity contribution >= 4 is 34.6 Å². The molecule has 1 atom stereocenters. The molecule has 1 fully saturated rings. The van der Waals surface area contributed by atoms with E-state index in [-0.39, 0.29) is 11.8 Å². The molecule has 1 saturated heterocycles. The highest BCUT2D eigenvalue weighted by Crippen LogP contribution is 2.18. The van der Waals surface area contributed by atoms with Crippen molar-refractivity contribution in [1.82, 2.24) is 14.5 Å². The first-order valence-corrected chi connectivity index (χ1v) is 6.28. The van der Waals surface area contributed by atoms with E-state index in [9.17, 15) is 4.79 Å². The number of carbonyl (C=O) groups excluding carboxylic acids is 1. The molecule has 0 radical (unpaired) electrons. The number of rotatable bonds is 2. The molecule has 0 bridgehead atoms. The largest absolute Gasteiger partial charge is 0.393 e. The molecule has 16 heavy (non-hydrogen) atoms. The van der Waals surface area contributed by atoms with Crippen molar-refractivity contribution in [2.45, 2.75) is 12.8 Å². The van der Waals surface area contributed by atoms with Crippen molar-refractivity contribution in [2.24, 2.45) is 11.7 Å². The number of likely N-dealkylation sites (tertiary alicyclic amines) is 1. The molecule has 7 heteroatoms. The maximum absolute atomic E-state index is 12.0. The Morgan fingerprint density at radius 1 is 1.69 bits per heavy atom. The first-order valence-electron chi connectivity index (χ1n) is 5.04. The van der Waals surface area contributed by atoms with Gasteiger partial charge in [0, 0.05) is 24.4 Å². The van der Waals surface area contributed by atoms with Crippen molar-refractivity contribution in [3.05, 3.63) is 11.1 Å². The topological polar surface area (TPSA) is 72.1 Å². The van der Waals surface area contributed by atoms with Gasteiger partial charge in [0.05, 0.1) is 4.99 Å². The Balaban J connectivity index is 2.05. The van der Waals surface area contributed by atoms with E-state index >= 15 is 0 Å². The number of thiocarbonyl (C=S) groups is 1. The molecule has 2 rings (SSSR count). The summed E-state index contributed by atoms with van der Waals surface area (Å²) in [6.07, 6.45) is 1.90. The molecule has 1 aliphatic rings. The number of carbonyl (C=O) groups is 1. The van der Waals surface area contributed by atoms with Gasteiger partial charge in [-0.05, 0) is 24.4 Å². The van der Waals surface area contributed by atoms with Gasteiger partial charge >= 0.3 is 0 Å². The van der Waals surface area contributed by atoms with E-state index in [1.807, 2.05) is 0 Å². The Hall–Kier alpha value is -1.08. The van der Waals surface area contributed by atoms with Crippen LogP contribution in [-0.2, 0) is 0 Å². The molecule has 5 nitrogen and oxygen atoms in total. The second kappa shape index (κ2) is 4.84. The molecular weight excluding hydrogens is 244 g/mol. The smallest absolute Gasteiger partial charge is 0.275 e. The summed E-state index contributed by atoms with van der Waals surface area (Å²) < 4.78 is 3.69. The highest BCUT2D eigenvalue weighted by atomic mass is 32.1. The van der Waals surface area contributed by atoms with Crippen molar-refractivity contribution < 1.29 is 4.79 Å². The van der Waals surface area contributed by atoms with Crippen LogP contribution in [0.3, 0.4) is 0 Å². The highest BCUT2D eigenvalue weighted by molar-refractivity contribution is 7.80. The van der Waals surface area contributed by atoms with Crippen LogP contribution in [0.25, 0.3) is 0 Å². The second-order valence-electron chi connectivity index (χ2n) is 3.78. The molecule has 0 aromatic carbocycles. The number of nitrogens with zero attached hydrogens (tertiary/aromatic N) is 3. The van der Waals surface area contributed by atoms with Gasteiger partial charge in [0.1, 0.15) is 0 Å². The molecule has 86 valence electrons. The van der Waals surface area contributed by atoms with Gasteiger partial charge in [-0.25, -0.2) is 0 Å². The van der Waals surface area contributed by atoms with Crippen LogP contribution in [0.1, 0.15) is 23.3 Å². The van der Waals surface area contributed by atoms with Crippen LogP contribution in [0.4, 0.5) is 0 Å². The summed E-state index contributed by atoms with van der Waals surface area (Å²) in [6.45, 7) is 1.35. The molecule has 1 aliphatic heterocycles. The van der Waals surface area contributed by atoms with Gasteiger partial charge < -0.3 is 10.6 Å². The number of nitrogens with two attached hydrogens (primary N) is 1. The molecule has 1 aromatic rings. The third-order valence-electron chi connectivity index (χ3n) is 2.69. The molecule has 0 spiro atoms. The Labute approximate surface area is 103 Å². The molecule has 2 heterocycles. The summed E-state index contributed by atoms with van der Waals surface area (Å²) in [7, 11) is 0. The average molecular weight is 256 g/mol. The third-order valence-corrected chi connectivity index (χ3v) is 3.53. The van der Waals surface area contributed by atoms with Crippen LogP contribution in [0.5, 0.6) is 0 Å². The van der Waals surface area contributed by atoms with E-state index in [0.29, 0.717) is 17.2 Å². The minimum absolute atomic E-state index is 0.0744. The fraction of sp³-hybridized carbons (Fsp3) is 0.556. The Morgan fingerprint density at radius 2 is 2.50 bits per heavy atom. The summed E-state index contributed by atoms with van der Waals surface area (Å²) in [6, 6.07) is 0. The lowest BCUT2D eigenvalue weighted by Gasteiger charge is -2.31. The van der Waals surface area contributed by atoms with Gasteiger partial charge in [-0.2, -0.15) is 0 Å². The Kier molecular flexibility index (Phi) is 3.45. The quantitative estimate of drug-likeness (QED) is 0.788. The summed E-state index contributed by atoms with van der Waals surface area (Å²) in [5.41, 5.74) is 6.03. The first-order chi connectivity index (χ1) is 7.68. The fourth-order valence-corrected chi connectivity index (χ4v) is 2.44. The maximum atomic E-state index is 12.0. The fourth-order valence-electron chi connectivity index (χ4n) is 1.81. The van der Waals surface area contributed by atoms with E-state index in [2.05, 4.69) is 9.59 Å². The molecule has 0 aliphatic carbocycles. The average Bonchev–Trinajstić information content (AvgIpc) is 2.81. The lowest BCUT2D eigenvalue weighted by Crippen LogP contribution is -2.43. The van der Waals surface area contributed by atoms with Crippen LogP contribution >= 0.6 is 23.8 Å². The molecule has 1 amide bonds.